The number of aromatic nitrogens is 4. The predicted octanol–water partition coefficient (Wildman–Crippen LogP) is 3.98. The lowest BCUT2D eigenvalue weighted by atomic mass is 10.1. The first-order chi connectivity index (χ1) is 14.6. The Kier molecular flexibility index (Phi) is 5.71. The summed E-state index contributed by atoms with van der Waals surface area (Å²) in [5.41, 5.74) is 1.90. The van der Waals surface area contributed by atoms with Crippen LogP contribution in [0.25, 0.3) is 5.69 Å². The number of benzene rings is 3. The van der Waals surface area contributed by atoms with Crippen molar-refractivity contribution in [2.45, 2.75) is 10.4 Å². The molecule has 9 heteroatoms. The zero-order chi connectivity index (χ0) is 20.9. The van der Waals surface area contributed by atoms with E-state index in [0.717, 1.165) is 5.56 Å². The van der Waals surface area contributed by atoms with Gasteiger partial charge in [0.2, 0.25) is 11.1 Å². The lowest BCUT2D eigenvalue weighted by molar-refractivity contribution is -0.115. The van der Waals surface area contributed by atoms with Crippen molar-refractivity contribution < 1.29 is 14.3 Å². The van der Waals surface area contributed by atoms with Gasteiger partial charge in [-0.3, -0.25) is 4.79 Å². The van der Waals surface area contributed by atoms with Gasteiger partial charge in [0.15, 0.2) is 0 Å². The van der Waals surface area contributed by atoms with E-state index in [-0.39, 0.29) is 17.5 Å². The van der Waals surface area contributed by atoms with Gasteiger partial charge in [-0.25, -0.2) is 4.39 Å². The first-order valence-corrected chi connectivity index (χ1v) is 9.84. The molecule has 1 heterocycles. The highest BCUT2D eigenvalue weighted by atomic mass is 32.2. The van der Waals surface area contributed by atoms with Gasteiger partial charge in [0.25, 0.3) is 0 Å². The SMILES string of the molecule is O=C(Nc1ccc(F)cc1)[C@H](Sc1nnnn1-c1ccc(O)cc1)c1ccccc1. The van der Waals surface area contributed by atoms with Gasteiger partial charge < -0.3 is 10.4 Å². The van der Waals surface area contributed by atoms with E-state index in [0.29, 0.717) is 16.5 Å². The van der Waals surface area contributed by atoms with Crippen LogP contribution in [0.1, 0.15) is 10.8 Å². The van der Waals surface area contributed by atoms with Crippen molar-refractivity contribution in [1.82, 2.24) is 20.2 Å². The molecule has 0 radical (unpaired) electrons. The van der Waals surface area contributed by atoms with Crippen LogP contribution in [-0.2, 0) is 4.79 Å². The lowest BCUT2D eigenvalue weighted by Gasteiger charge is -2.16. The zero-order valence-electron chi connectivity index (χ0n) is 15.5. The molecule has 0 fully saturated rings. The molecule has 0 bridgehead atoms. The number of nitrogens with zero attached hydrogens (tertiary/aromatic N) is 4. The van der Waals surface area contributed by atoms with Gasteiger partial charge in [0.1, 0.15) is 16.8 Å². The van der Waals surface area contributed by atoms with Crippen LogP contribution in [0.4, 0.5) is 10.1 Å². The number of tetrazole rings is 1. The fraction of sp³-hybridized carbons (Fsp3) is 0.0476. The molecular formula is C21H16FN5O2S. The second kappa shape index (κ2) is 8.75. The number of aromatic hydroxyl groups is 1. The average Bonchev–Trinajstić information content (AvgIpc) is 3.23. The van der Waals surface area contributed by atoms with Crippen LogP contribution in [0.2, 0.25) is 0 Å². The van der Waals surface area contributed by atoms with Gasteiger partial charge in [0, 0.05) is 5.69 Å². The summed E-state index contributed by atoms with van der Waals surface area (Å²) < 4.78 is 14.7. The smallest absolute Gasteiger partial charge is 0.242 e. The van der Waals surface area contributed by atoms with Crippen LogP contribution in [0.3, 0.4) is 0 Å². The van der Waals surface area contributed by atoms with Gasteiger partial charge in [-0.2, -0.15) is 4.68 Å². The molecule has 4 aromatic rings. The topological polar surface area (TPSA) is 92.9 Å². The van der Waals surface area contributed by atoms with E-state index in [1.807, 2.05) is 30.3 Å². The Morgan fingerprint density at radius 3 is 2.40 bits per heavy atom. The number of phenolic OH excluding ortho intramolecular Hbond substituents is 1. The summed E-state index contributed by atoms with van der Waals surface area (Å²) in [4.78, 5) is 13.1. The highest BCUT2D eigenvalue weighted by Gasteiger charge is 2.25. The van der Waals surface area contributed by atoms with Crippen molar-refractivity contribution in [3.8, 4) is 11.4 Å². The van der Waals surface area contributed by atoms with E-state index in [4.69, 9.17) is 0 Å². The summed E-state index contributed by atoms with van der Waals surface area (Å²) in [5.74, 6) is -0.546. The summed E-state index contributed by atoms with van der Waals surface area (Å²) in [7, 11) is 0. The normalized spacial score (nSPS) is 11.8. The zero-order valence-corrected chi connectivity index (χ0v) is 16.3. The largest absolute Gasteiger partial charge is 0.508 e. The van der Waals surface area contributed by atoms with Gasteiger partial charge in [-0.15, -0.1) is 5.10 Å². The van der Waals surface area contributed by atoms with Crippen molar-refractivity contribution in [2.24, 2.45) is 0 Å². The van der Waals surface area contributed by atoms with Crippen molar-refractivity contribution in [2.75, 3.05) is 5.32 Å². The van der Waals surface area contributed by atoms with Crippen LogP contribution in [0.5, 0.6) is 5.75 Å². The lowest BCUT2D eigenvalue weighted by Crippen LogP contribution is -2.19. The average molecular weight is 421 g/mol. The fourth-order valence-corrected chi connectivity index (χ4v) is 3.75. The van der Waals surface area contributed by atoms with E-state index in [1.165, 1.54) is 52.8 Å². The number of carbonyl (C=O) groups is 1. The Labute approximate surface area is 175 Å². The second-order valence-electron chi connectivity index (χ2n) is 6.29. The van der Waals surface area contributed by atoms with Crippen LogP contribution in [0.15, 0.2) is 84.0 Å². The second-order valence-corrected chi connectivity index (χ2v) is 7.37. The molecule has 1 aromatic heterocycles. The fourth-order valence-electron chi connectivity index (χ4n) is 2.76. The van der Waals surface area contributed by atoms with Crippen molar-refractivity contribution in [1.29, 1.82) is 0 Å². The maximum absolute atomic E-state index is 13.2. The van der Waals surface area contributed by atoms with Gasteiger partial charge >= 0.3 is 0 Å². The number of nitrogens with one attached hydrogen (secondary N) is 1. The van der Waals surface area contributed by atoms with Crippen molar-refractivity contribution in [3.63, 3.8) is 0 Å². The molecule has 3 aromatic carbocycles. The van der Waals surface area contributed by atoms with Gasteiger partial charge in [0.05, 0.1) is 5.69 Å². The monoisotopic (exact) mass is 421 g/mol. The number of phenols is 1. The van der Waals surface area contributed by atoms with Crippen LogP contribution in [-0.4, -0.2) is 31.2 Å². The molecule has 0 aliphatic carbocycles. The molecule has 0 aliphatic heterocycles. The number of anilines is 1. The molecule has 2 N–H and O–H groups in total. The standard InChI is InChI=1S/C21H16FN5O2S/c22-15-6-8-16(9-7-15)23-20(29)19(14-4-2-1-3-5-14)30-21-24-25-26-27(21)17-10-12-18(28)13-11-17/h1-13,19,28H,(H,23,29)/t19-/m1/s1. The van der Waals surface area contributed by atoms with Crippen LogP contribution < -0.4 is 5.32 Å². The summed E-state index contributed by atoms with van der Waals surface area (Å²) in [6, 6.07) is 21.2. The molecular weight excluding hydrogens is 405 g/mol. The summed E-state index contributed by atoms with van der Waals surface area (Å²) in [5, 5.41) is 23.8. The van der Waals surface area contributed by atoms with E-state index >= 15 is 0 Å². The van der Waals surface area contributed by atoms with E-state index in [2.05, 4.69) is 20.8 Å². The quantitative estimate of drug-likeness (QED) is 0.458. The Balaban J connectivity index is 1.63. The number of hydrogen-bond acceptors (Lipinski definition) is 6. The van der Waals surface area contributed by atoms with Crippen LogP contribution in [0, 0.1) is 5.82 Å². The molecule has 0 spiro atoms. The molecule has 7 nitrogen and oxygen atoms in total. The molecule has 1 amide bonds. The molecule has 1 atom stereocenters. The van der Waals surface area contributed by atoms with Crippen LogP contribution >= 0.6 is 11.8 Å². The number of amides is 1. The Morgan fingerprint density at radius 2 is 1.70 bits per heavy atom. The number of hydrogen-bond donors (Lipinski definition) is 2. The number of thioether (sulfide) groups is 1. The molecule has 30 heavy (non-hydrogen) atoms. The molecule has 150 valence electrons. The molecule has 4 rings (SSSR count). The molecule has 0 saturated carbocycles. The summed E-state index contributed by atoms with van der Waals surface area (Å²) in [6.45, 7) is 0. The van der Waals surface area contributed by atoms with Gasteiger partial charge in [-0.05, 0) is 64.5 Å². The highest BCUT2D eigenvalue weighted by Crippen LogP contribution is 2.35. The third kappa shape index (κ3) is 4.47. The van der Waals surface area contributed by atoms with Crippen molar-refractivity contribution >= 4 is 23.4 Å². The number of rotatable bonds is 6. The molecule has 0 aliphatic rings. The Bertz CT molecular complexity index is 1130. The molecule has 0 unspecified atom stereocenters. The molecule has 0 saturated heterocycles. The minimum absolute atomic E-state index is 0.127. The number of carbonyl (C=O) groups excluding carboxylic acids is 1. The first-order valence-electron chi connectivity index (χ1n) is 8.96. The Hall–Kier alpha value is -3.72. The minimum Gasteiger partial charge on any atom is -0.508 e. The predicted molar refractivity (Wildman–Crippen MR) is 111 cm³/mol. The maximum Gasteiger partial charge on any atom is 0.242 e. The summed E-state index contributed by atoms with van der Waals surface area (Å²) in [6.07, 6.45) is 0. The highest BCUT2D eigenvalue weighted by molar-refractivity contribution is 8.00. The van der Waals surface area contributed by atoms with E-state index in [1.54, 1.807) is 12.1 Å². The number of halogens is 1. The van der Waals surface area contributed by atoms with Crippen molar-refractivity contribution in [3.05, 3.63) is 90.2 Å². The first kappa shape index (κ1) is 19.6. The maximum atomic E-state index is 13.2. The minimum atomic E-state index is -0.655. The summed E-state index contributed by atoms with van der Waals surface area (Å²) >= 11 is 1.18. The van der Waals surface area contributed by atoms with E-state index < -0.39 is 5.25 Å². The Morgan fingerprint density at radius 1 is 1.00 bits per heavy atom. The van der Waals surface area contributed by atoms with E-state index in [9.17, 15) is 14.3 Å². The third-order valence-corrected chi connectivity index (χ3v) is 5.40. The third-order valence-electron chi connectivity index (χ3n) is 4.21. The van der Waals surface area contributed by atoms with Gasteiger partial charge in [-0.1, -0.05) is 42.1 Å².